The van der Waals surface area contributed by atoms with Crippen LogP contribution in [0, 0.1) is 12.8 Å². The van der Waals surface area contributed by atoms with Crippen molar-refractivity contribution in [1.29, 1.82) is 0 Å². The molecule has 1 aromatic carbocycles. The van der Waals surface area contributed by atoms with Gasteiger partial charge in [0.2, 0.25) is 0 Å². The predicted molar refractivity (Wildman–Crippen MR) is 81.4 cm³/mol. The summed E-state index contributed by atoms with van der Waals surface area (Å²) < 4.78 is 0.832. The first-order valence-corrected chi connectivity index (χ1v) is 7.05. The van der Waals surface area contributed by atoms with Gasteiger partial charge in [0.25, 0.3) is 0 Å². The monoisotopic (exact) mass is 328 g/mol. The van der Waals surface area contributed by atoms with Gasteiger partial charge in [0, 0.05) is 11.0 Å². The maximum Gasteiger partial charge on any atom is 0.319 e. The molecule has 0 aliphatic heterocycles. The summed E-state index contributed by atoms with van der Waals surface area (Å²) in [5.74, 6) is 0.0684. The lowest BCUT2D eigenvalue weighted by Crippen LogP contribution is -2.45. The number of benzene rings is 1. The quantitative estimate of drug-likeness (QED) is 0.794. The third-order valence-corrected chi connectivity index (χ3v) is 3.88. The lowest BCUT2D eigenvalue weighted by atomic mass is 9.93. The lowest BCUT2D eigenvalue weighted by Gasteiger charge is -2.27. The van der Waals surface area contributed by atoms with E-state index < -0.39 is 5.60 Å². The molecule has 0 bridgehead atoms. The summed E-state index contributed by atoms with van der Waals surface area (Å²) in [5.41, 5.74) is 0.898. The minimum Gasteiger partial charge on any atom is -0.388 e. The van der Waals surface area contributed by atoms with Gasteiger partial charge in [-0.3, -0.25) is 0 Å². The van der Waals surface area contributed by atoms with E-state index in [4.69, 9.17) is 0 Å². The fraction of sp³-hybridized carbons (Fsp3) is 0.500. The summed E-state index contributed by atoms with van der Waals surface area (Å²) in [6.45, 7) is 7.72. The molecule has 0 saturated heterocycles. The highest BCUT2D eigenvalue weighted by molar-refractivity contribution is 9.10. The van der Waals surface area contributed by atoms with Crippen LogP contribution in [0.4, 0.5) is 10.5 Å². The van der Waals surface area contributed by atoms with Crippen LogP contribution in [-0.2, 0) is 0 Å². The average Bonchev–Trinajstić information content (AvgIpc) is 2.30. The first-order chi connectivity index (χ1) is 8.72. The number of carbonyl (C=O) groups is 1. The number of aliphatic hydroxyl groups is 1. The van der Waals surface area contributed by atoms with E-state index in [1.165, 1.54) is 0 Å². The molecule has 1 aromatic rings. The second kappa shape index (κ2) is 6.39. The number of urea groups is 1. The van der Waals surface area contributed by atoms with Gasteiger partial charge in [0.05, 0.1) is 11.3 Å². The first kappa shape index (κ1) is 16.0. The molecule has 0 spiro atoms. The van der Waals surface area contributed by atoms with Gasteiger partial charge in [-0.1, -0.05) is 19.9 Å². The van der Waals surface area contributed by atoms with E-state index in [2.05, 4.69) is 26.6 Å². The van der Waals surface area contributed by atoms with E-state index in [9.17, 15) is 9.90 Å². The number of anilines is 1. The number of aryl methyl sites for hydroxylation is 1. The Bertz CT molecular complexity index is 459. The van der Waals surface area contributed by atoms with Crippen LogP contribution in [0.1, 0.15) is 26.3 Å². The Balaban J connectivity index is 2.57. The maximum absolute atomic E-state index is 11.8. The SMILES string of the molecule is Cc1ccc(NC(=O)NCC(C)(O)C(C)C)c(Br)c1. The van der Waals surface area contributed by atoms with Gasteiger partial charge >= 0.3 is 6.03 Å². The fourth-order valence-corrected chi connectivity index (χ4v) is 1.94. The van der Waals surface area contributed by atoms with Crippen LogP contribution in [0.3, 0.4) is 0 Å². The van der Waals surface area contributed by atoms with Gasteiger partial charge in [-0.15, -0.1) is 0 Å². The third kappa shape index (κ3) is 4.84. The van der Waals surface area contributed by atoms with Crippen molar-refractivity contribution in [2.45, 2.75) is 33.3 Å². The Morgan fingerprint density at radius 3 is 2.63 bits per heavy atom. The highest BCUT2D eigenvalue weighted by atomic mass is 79.9. The topological polar surface area (TPSA) is 61.4 Å². The zero-order chi connectivity index (χ0) is 14.6. The molecule has 0 fully saturated rings. The Labute approximate surface area is 122 Å². The molecular formula is C14H21BrN2O2. The number of nitrogens with one attached hydrogen (secondary N) is 2. The predicted octanol–water partition coefficient (Wildman–Crippen LogP) is 3.29. The molecule has 4 nitrogen and oxygen atoms in total. The highest BCUT2D eigenvalue weighted by Gasteiger charge is 2.25. The molecule has 0 radical (unpaired) electrons. The number of carbonyl (C=O) groups excluding carboxylic acids is 1. The molecule has 106 valence electrons. The van der Waals surface area contributed by atoms with Gasteiger partial charge in [0.15, 0.2) is 0 Å². The standard InChI is InChI=1S/C14H21BrN2O2/c1-9(2)14(4,19)8-16-13(18)17-12-6-5-10(3)7-11(12)15/h5-7,9,19H,8H2,1-4H3,(H2,16,17,18). The molecule has 5 heteroatoms. The molecule has 0 aliphatic carbocycles. The Morgan fingerprint density at radius 1 is 1.47 bits per heavy atom. The van der Waals surface area contributed by atoms with E-state index in [0.29, 0.717) is 5.69 Å². The molecule has 1 rings (SSSR count). The summed E-state index contributed by atoms with van der Waals surface area (Å²) in [5, 5.41) is 15.5. The molecule has 2 amide bonds. The van der Waals surface area contributed by atoms with Crippen molar-refractivity contribution in [3.05, 3.63) is 28.2 Å². The van der Waals surface area contributed by atoms with E-state index in [-0.39, 0.29) is 18.5 Å². The van der Waals surface area contributed by atoms with Gasteiger partial charge in [-0.2, -0.15) is 0 Å². The molecule has 0 aromatic heterocycles. The van der Waals surface area contributed by atoms with Gasteiger partial charge < -0.3 is 15.7 Å². The molecule has 0 saturated carbocycles. The third-order valence-electron chi connectivity index (χ3n) is 3.22. The number of hydrogen-bond donors (Lipinski definition) is 3. The van der Waals surface area contributed by atoms with E-state index in [1.54, 1.807) is 6.92 Å². The van der Waals surface area contributed by atoms with Crippen molar-refractivity contribution >= 4 is 27.6 Å². The summed E-state index contributed by atoms with van der Waals surface area (Å²) in [6, 6.07) is 5.36. The zero-order valence-electron chi connectivity index (χ0n) is 11.7. The first-order valence-electron chi connectivity index (χ1n) is 6.26. The van der Waals surface area contributed by atoms with Crippen molar-refractivity contribution in [2.24, 2.45) is 5.92 Å². The molecule has 0 aliphatic rings. The summed E-state index contributed by atoms with van der Waals surface area (Å²) in [4.78, 5) is 11.8. The second-order valence-corrected chi connectivity index (χ2v) is 6.16. The normalized spacial score (nSPS) is 14.1. The van der Waals surface area contributed by atoms with Gasteiger partial charge in [0.1, 0.15) is 0 Å². The average molecular weight is 329 g/mol. The van der Waals surface area contributed by atoms with Crippen LogP contribution in [-0.4, -0.2) is 23.3 Å². The number of amides is 2. The van der Waals surface area contributed by atoms with Crippen molar-refractivity contribution < 1.29 is 9.90 Å². The van der Waals surface area contributed by atoms with Crippen molar-refractivity contribution in [3.8, 4) is 0 Å². The molecule has 1 unspecified atom stereocenters. The van der Waals surface area contributed by atoms with E-state index in [0.717, 1.165) is 10.0 Å². The Hall–Kier alpha value is -1.07. The van der Waals surface area contributed by atoms with Gasteiger partial charge in [-0.25, -0.2) is 4.79 Å². The summed E-state index contributed by atoms with van der Waals surface area (Å²) >= 11 is 3.40. The smallest absolute Gasteiger partial charge is 0.319 e. The molecule has 3 N–H and O–H groups in total. The van der Waals surface area contributed by atoms with Crippen LogP contribution in [0.5, 0.6) is 0 Å². The zero-order valence-corrected chi connectivity index (χ0v) is 13.3. The van der Waals surface area contributed by atoms with Crippen molar-refractivity contribution in [2.75, 3.05) is 11.9 Å². The highest BCUT2D eigenvalue weighted by Crippen LogP contribution is 2.23. The molecule has 19 heavy (non-hydrogen) atoms. The molecular weight excluding hydrogens is 308 g/mol. The van der Waals surface area contributed by atoms with Crippen LogP contribution in [0.2, 0.25) is 0 Å². The Kier molecular flexibility index (Phi) is 5.38. The van der Waals surface area contributed by atoms with Crippen LogP contribution in [0.25, 0.3) is 0 Å². The summed E-state index contributed by atoms with van der Waals surface area (Å²) in [6.07, 6.45) is 0. The van der Waals surface area contributed by atoms with Crippen molar-refractivity contribution in [1.82, 2.24) is 5.32 Å². The number of hydrogen-bond acceptors (Lipinski definition) is 2. The van der Waals surface area contributed by atoms with E-state index >= 15 is 0 Å². The van der Waals surface area contributed by atoms with Crippen LogP contribution >= 0.6 is 15.9 Å². The molecule has 1 atom stereocenters. The minimum atomic E-state index is -0.915. The van der Waals surface area contributed by atoms with Crippen LogP contribution < -0.4 is 10.6 Å². The maximum atomic E-state index is 11.8. The van der Waals surface area contributed by atoms with Gasteiger partial charge in [-0.05, 0) is 53.4 Å². The number of rotatable bonds is 4. The second-order valence-electron chi connectivity index (χ2n) is 5.30. The lowest BCUT2D eigenvalue weighted by molar-refractivity contribution is 0.0170. The Morgan fingerprint density at radius 2 is 2.11 bits per heavy atom. The fourth-order valence-electron chi connectivity index (χ4n) is 1.35. The van der Waals surface area contributed by atoms with Crippen LogP contribution in [0.15, 0.2) is 22.7 Å². The van der Waals surface area contributed by atoms with Crippen molar-refractivity contribution in [3.63, 3.8) is 0 Å². The number of halogens is 1. The molecule has 0 heterocycles. The van der Waals surface area contributed by atoms with E-state index in [1.807, 2.05) is 39.0 Å². The largest absolute Gasteiger partial charge is 0.388 e. The summed E-state index contributed by atoms with van der Waals surface area (Å²) in [7, 11) is 0. The minimum absolute atomic E-state index is 0.0684.